The van der Waals surface area contributed by atoms with Gasteiger partial charge < -0.3 is 9.67 Å². The second-order valence-electron chi connectivity index (χ2n) is 4.54. The van der Waals surface area contributed by atoms with Crippen LogP contribution in [0.3, 0.4) is 0 Å². The number of imidazole rings is 1. The normalized spacial score (nSPS) is 20.1. The topological polar surface area (TPSA) is 102 Å². The monoisotopic (exact) mass is 325 g/mol. The molecule has 1 aliphatic rings. The summed E-state index contributed by atoms with van der Waals surface area (Å²) >= 11 is 1.06. The zero-order valence-corrected chi connectivity index (χ0v) is 12.3. The third-order valence-electron chi connectivity index (χ3n) is 3.03. The van der Waals surface area contributed by atoms with E-state index in [1.165, 1.54) is 5.41 Å². The number of allylic oxidation sites excluding steroid dienone is 1. The number of thioether (sulfide) groups is 1. The van der Waals surface area contributed by atoms with E-state index < -0.39 is 15.8 Å². The average Bonchev–Trinajstić information content (AvgIpc) is 2.95. The summed E-state index contributed by atoms with van der Waals surface area (Å²) in [5.41, 5.74) is 1.35. The van der Waals surface area contributed by atoms with Crippen LogP contribution < -0.4 is 0 Å². The van der Waals surface area contributed by atoms with Gasteiger partial charge in [0.2, 0.25) is 0 Å². The maximum absolute atomic E-state index is 11.6. The number of fused-ring (bicyclic) bond motifs is 1. The Morgan fingerprint density at radius 1 is 1.52 bits per heavy atom. The highest BCUT2D eigenvalue weighted by molar-refractivity contribution is 7.99. The molecule has 0 radical (unpaired) electrons. The Morgan fingerprint density at radius 3 is 3.00 bits per heavy atom. The van der Waals surface area contributed by atoms with Crippen molar-refractivity contribution in [2.24, 2.45) is 0 Å². The number of nitrogens with zero attached hydrogens (tertiary/aromatic N) is 3. The number of pyridine rings is 1. The second kappa shape index (κ2) is 5.15. The Hall–Kier alpha value is -1.87. The van der Waals surface area contributed by atoms with Gasteiger partial charge in [0.15, 0.2) is 15.0 Å². The molecule has 2 aromatic heterocycles. The first-order chi connectivity index (χ1) is 9.96. The molecule has 3 heterocycles. The first-order valence-electron chi connectivity index (χ1n) is 6.04. The lowest BCUT2D eigenvalue weighted by Gasteiger charge is -2.13. The number of rotatable bonds is 4. The molecular formula is C12H11N3O4S2. The minimum Gasteiger partial charge on any atom is -0.481 e. The number of sulfone groups is 1. The van der Waals surface area contributed by atoms with Crippen LogP contribution in [0.5, 0.6) is 0 Å². The number of hydrogen-bond donors (Lipinski definition) is 1. The third kappa shape index (κ3) is 2.79. The van der Waals surface area contributed by atoms with E-state index in [-0.39, 0.29) is 17.5 Å². The molecule has 0 saturated heterocycles. The van der Waals surface area contributed by atoms with Crippen LogP contribution in [0, 0.1) is 0 Å². The molecule has 0 fully saturated rings. The SMILES string of the molecule is O=C(O)CSc1nc2cnccc2n1C1C=CS(=O)(=O)C1. The van der Waals surface area contributed by atoms with Crippen molar-refractivity contribution in [2.75, 3.05) is 11.5 Å². The highest BCUT2D eigenvalue weighted by Crippen LogP contribution is 2.31. The zero-order chi connectivity index (χ0) is 15.0. The molecule has 3 rings (SSSR count). The van der Waals surface area contributed by atoms with E-state index in [0.29, 0.717) is 10.7 Å². The highest BCUT2D eigenvalue weighted by Gasteiger charge is 2.27. The van der Waals surface area contributed by atoms with E-state index in [4.69, 9.17) is 5.11 Å². The molecule has 0 saturated carbocycles. The first-order valence-corrected chi connectivity index (χ1v) is 8.74. The van der Waals surface area contributed by atoms with Crippen LogP contribution in [0.1, 0.15) is 6.04 Å². The molecule has 110 valence electrons. The summed E-state index contributed by atoms with van der Waals surface area (Å²) in [5.74, 6) is -1.13. The van der Waals surface area contributed by atoms with E-state index in [1.54, 1.807) is 29.1 Å². The minimum atomic E-state index is -3.21. The van der Waals surface area contributed by atoms with Crippen LogP contribution in [0.25, 0.3) is 11.0 Å². The summed E-state index contributed by atoms with van der Waals surface area (Å²) in [6.07, 6.45) is 4.77. The van der Waals surface area contributed by atoms with Gasteiger partial charge >= 0.3 is 5.97 Å². The minimum absolute atomic E-state index is 0.0403. The lowest BCUT2D eigenvalue weighted by molar-refractivity contribution is -0.133. The second-order valence-corrected chi connectivity index (χ2v) is 7.41. The van der Waals surface area contributed by atoms with Gasteiger partial charge in [0.05, 0.1) is 29.3 Å². The predicted octanol–water partition coefficient (Wildman–Crippen LogP) is 1.09. The van der Waals surface area contributed by atoms with Gasteiger partial charge in [-0.3, -0.25) is 9.78 Å². The van der Waals surface area contributed by atoms with Crippen LogP contribution in [-0.4, -0.2) is 45.5 Å². The molecule has 0 amide bonds. The average molecular weight is 325 g/mol. The van der Waals surface area contributed by atoms with E-state index in [2.05, 4.69) is 9.97 Å². The molecule has 1 aliphatic heterocycles. The van der Waals surface area contributed by atoms with Gasteiger partial charge in [-0.05, 0) is 12.1 Å². The smallest absolute Gasteiger partial charge is 0.313 e. The van der Waals surface area contributed by atoms with Gasteiger partial charge in [-0.2, -0.15) is 0 Å². The number of carboxylic acids is 1. The van der Waals surface area contributed by atoms with Crippen molar-refractivity contribution in [1.29, 1.82) is 0 Å². The fourth-order valence-corrected chi connectivity index (χ4v) is 4.25. The summed E-state index contributed by atoms with van der Waals surface area (Å²) in [6.45, 7) is 0. The Kier molecular flexibility index (Phi) is 3.46. The fraction of sp³-hybridized carbons (Fsp3) is 0.250. The summed E-state index contributed by atoms with van der Waals surface area (Å²) < 4.78 is 25.0. The van der Waals surface area contributed by atoms with Crippen molar-refractivity contribution in [2.45, 2.75) is 11.2 Å². The van der Waals surface area contributed by atoms with E-state index >= 15 is 0 Å². The molecule has 7 nitrogen and oxygen atoms in total. The summed E-state index contributed by atoms with van der Waals surface area (Å²) in [7, 11) is -3.21. The molecule has 0 bridgehead atoms. The standard InChI is InChI=1S/C12H11N3O4S2/c16-11(17)6-20-12-14-9-5-13-3-1-10(9)15(12)8-2-4-21(18,19)7-8/h1-5,8H,6-7H2,(H,16,17). The van der Waals surface area contributed by atoms with Crippen LogP contribution in [0.4, 0.5) is 0 Å². The van der Waals surface area contributed by atoms with Crippen LogP contribution in [-0.2, 0) is 14.6 Å². The highest BCUT2D eigenvalue weighted by atomic mass is 32.2. The zero-order valence-electron chi connectivity index (χ0n) is 10.7. The van der Waals surface area contributed by atoms with Crippen LogP contribution in [0.2, 0.25) is 0 Å². The van der Waals surface area contributed by atoms with Gasteiger partial charge in [0.25, 0.3) is 0 Å². The van der Waals surface area contributed by atoms with Gasteiger partial charge in [-0.1, -0.05) is 11.8 Å². The van der Waals surface area contributed by atoms with Crippen molar-refractivity contribution < 1.29 is 18.3 Å². The molecule has 21 heavy (non-hydrogen) atoms. The molecule has 1 unspecified atom stereocenters. The van der Waals surface area contributed by atoms with Crippen molar-refractivity contribution in [3.63, 3.8) is 0 Å². The number of aliphatic carboxylic acids is 1. The molecular weight excluding hydrogens is 314 g/mol. The number of hydrogen-bond acceptors (Lipinski definition) is 6. The van der Waals surface area contributed by atoms with Crippen molar-refractivity contribution >= 4 is 38.6 Å². The largest absolute Gasteiger partial charge is 0.481 e. The third-order valence-corrected chi connectivity index (χ3v) is 5.34. The number of carbonyl (C=O) groups is 1. The van der Waals surface area contributed by atoms with E-state index in [1.807, 2.05) is 0 Å². The van der Waals surface area contributed by atoms with Crippen molar-refractivity contribution in [3.05, 3.63) is 29.9 Å². The van der Waals surface area contributed by atoms with E-state index in [0.717, 1.165) is 17.3 Å². The van der Waals surface area contributed by atoms with Gasteiger partial charge in [-0.25, -0.2) is 13.4 Å². The van der Waals surface area contributed by atoms with E-state index in [9.17, 15) is 13.2 Å². The molecule has 0 spiro atoms. The van der Waals surface area contributed by atoms with Crippen molar-refractivity contribution in [1.82, 2.24) is 14.5 Å². The number of carboxylic acid groups (broad SMARTS) is 1. The maximum atomic E-state index is 11.6. The molecule has 1 N–H and O–H groups in total. The molecule has 0 aliphatic carbocycles. The quantitative estimate of drug-likeness (QED) is 0.839. The molecule has 0 aromatic carbocycles. The molecule has 9 heteroatoms. The summed E-state index contributed by atoms with van der Waals surface area (Å²) in [5, 5.41) is 10.5. The lowest BCUT2D eigenvalue weighted by atomic mass is 10.3. The maximum Gasteiger partial charge on any atom is 0.313 e. The Labute approximate surface area is 124 Å². The van der Waals surface area contributed by atoms with Gasteiger partial charge in [0.1, 0.15) is 5.52 Å². The fourth-order valence-electron chi connectivity index (χ4n) is 2.20. The van der Waals surface area contributed by atoms with Crippen LogP contribution in [0.15, 0.2) is 35.1 Å². The Morgan fingerprint density at radius 2 is 2.33 bits per heavy atom. The van der Waals surface area contributed by atoms with Crippen molar-refractivity contribution in [3.8, 4) is 0 Å². The number of aromatic nitrogens is 3. The lowest BCUT2D eigenvalue weighted by Crippen LogP contribution is -2.13. The molecule has 1 atom stereocenters. The Balaban J connectivity index is 2.08. The van der Waals surface area contributed by atoms with Gasteiger partial charge in [0, 0.05) is 11.6 Å². The predicted molar refractivity (Wildman–Crippen MR) is 77.9 cm³/mol. The van der Waals surface area contributed by atoms with Crippen LogP contribution >= 0.6 is 11.8 Å². The van der Waals surface area contributed by atoms with Gasteiger partial charge in [-0.15, -0.1) is 0 Å². The molecule has 2 aromatic rings. The summed E-state index contributed by atoms with van der Waals surface area (Å²) in [6, 6.07) is 1.37. The first kappa shape index (κ1) is 14.1. The Bertz CT molecular complexity index is 841. The summed E-state index contributed by atoms with van der Waals surface area (Å²) in [4.78, 5) is 19.1.